The predicted octanol–water partition coefficient (Wildman–Crippen LogP) is -2.28. The zero-order valence-electron chi connectivity index (χ0n) is 5.15. The molecule has 0 saturated carbocycles. The van der Waals surface area contributed by atoms with E-state index in [0.29, 0.717) is 0 Å². The third-order valence-electron chi connectivity index (χ3n) is 0.653. The summed E-state index contributed by atoms with van der Waals surface area (Å²) in [5, 5.41) is 24.1. The molecular formula is C4H9BiO5. The molecule has 0 aliphatic carbocycles. The molecule has 0 fully saturated rings. The number of hydrogen-bond acceptors (Lipinski definition) is 3. The molecule has 0 aliphatic rings. The molecule has 0 spiro atoms. The van der Waals surface area contributed by atoms with Gasteiger partial charge in [-0.15, -0.1) is 0 Å². The van der Waals surface area contributed by atoms with Crippen molar-refractivity contribution in [2.75, 3.05) is 0 Å². The van der Waals surface area contributed by atoms with Crippen LogP contribution in [0.5, 0.6) is 0 Å². The summed E-state index contributed by atoms with van der Waals surface area (Å²) in [6, 6.07) is 0. The zero-order valence-corrected chi connectivity index (χ0v) is 10.6. The predicted molar refractivity (Wildman–Crippen MR) is 35.8 cm³/mol. The summed E-state index contributed by atoms with van der Waals surface area (Å²) >= 11 is 0. The molecule has 10 heavy (non-hydrogen) atoms. The molecule has 0 aliphatic heterocycles. The molecule has 0 heterocycles. The Balaban J connectivity index is 0. The minimum atomic E-state index is -1.79. The Morgan fingerprint density at radius 2 is 1.70 bits per heavy atom. The molecule has 1 unspecified atom stereocenters. The molecule has 0 aromatic carbocycles. The number of carboxylic acids is 2. The number of hydrogen-bond donors (Lipinski definition) is 3. The summed E-state index contributed by atoms with van der Waals surface area (Å²) < 4.78 is 0. The first-order chi connectivity index (χ1) is 4.04. The third-order valence-corrected chi connectivity index (χ3v) is 0.653. The van der Waals surface area contributed by atoms with Crippen LogP contribution in [0.15, 0.2) is 0 Å². The van der Waals surface area contributed by atoms with Gasteiger partial charge >= 0.3 is 38.1 Å². The molecule has 0 aromatic heterocycles. The van der Waals surface area contributed by atoms with E-state index in [1.54, 1.807) is 0 Å². The summed E-state index contributed by atoms with van der Waals surface area (Å²) in [7, 11) is 0. The van der Waals surface area contributed by atoms with E-state index in [1.165, 1.54) is 0 Å². The Kier molecular flexibility index (Phi) is 6.93. The average Bonchev–Trinajstić information content (AvgIpc) is 1.63. The molecular weight excluding hydrogens is 337 g/mol. The van der Waals surface area contributed by atoms with Crippen molar-refractivity contribution in [1.29, 1.82) is 0 Å². The minimum absolute atomic E-state index is 0. The van der Waals surface area contributed by atoms with Crippen LogP contribution in [0.2, 0.25) is 0 Å². The van der Waals surface area contributed by atoms with Gasteiger partial charge in [-0.1, -0.05) is 0 Å². The van der Waals surface area contributed by atoms with Crippen LogP contribution in [-0.2, 0) is 9.59 Å². The summed E-state index contributed by atoms with van der Waals surface area (Å²) in [5.41, 5.74) is 0. The standard InChI is InChI=1S/C4H6O5.Bi.3H/c5-2(4(8)9)1-3(6)7;;;;/h2,5H,1H2,(H,6,7)(H,8,9);;;;. The number of aliphatic hydroxyl groups is 1. The van der Waals surface area contributed by atoms with Gasteiger partial charge in [0.15, 0.2) is 6.10 Å². The van der Waals surface area contributed by atoms with E-state index in [2.05, 4.69) is 0 Å². The van der Waals surface area contributed by atoms with Crippen LogP contribution < -0.4 is 0 Å². The Bertz CT molecular complexity index is 134. The zero-order chi connectivity index (χ0) is 7.44. The van der Waals surface area contributed by atoms with Crippen molar-refractivity contribution in [1.82, 2.24) is 0 Å². The fraction of sp³-hybridized carbons (Fsp3) is 0.500. The van der Waals surface area contributed by atoms with E-state index >= 15 is 0 Å². The van der Waals surface area contributed by atoms with E-state index < -0.39 is 24.5 Å². The molecule has 60 valence electrons. The molecule has 0 saturated heterocycles. The molecule has 5 nitrogen and oxygen atoms in total. The number of carbonyl (C=O) groups is 2. The first-order valence-corrected chi connectivity index (χ1v) is 2.16. The molecule has 1 atom stereocenters. The number of aliphatic carboxylic acids is 2. The van der Waals surface area contributed by atoms with Crippen LogP contribution in [-0.4, -0.2) is 59.6 Å². The van der Waals surface area contributed by atoms with Gasteiger partial charge in [-0.25, -0.2) is 4.79 Å². The van der Waals surface area contributed by atoms with Crippen molar-refractivity contribution < 1.29 is 24.9 Å². The summed E-state index contributed by atoms with van der Waals surface area (Å²) in [5.74, 6) is -2.85. The van der Waals surface area contributed by atoms with Crippen molar-refractivity contribution in [2.45, 2.75) is 12.5 Å². The van der Waals surface area contributed by atoms with Gasteiger partial charge in [0.05, 0.1) is 6.42 Å². The maximum atomic E-state index is 9.72. The topological polar surface area (TPSA) is 94.8 Å². The van der Waals surface area contributed by atoms with E-state index in [0.717, 1.165) is 0 Å². The Hall–Kier alpha value is -0.217. The van der Waals surface area contributed by atoms with Crippen LogP contribution in [0.3, 0.4) is 0 Å². The van der Waals surface area contributed by atoms with Crippen LogP contribution in [0.25, 0.3) is 0 Å². The number of rotatable bonds is 3. The van der Waals surface area contributed by atoms with Crippen LogP contribution in [0, 0.1) is 0 Å². The Morgan fingerprint density at radius 1 is 1.30 bits per heavy atom. The maximum absolute atomic E-state index is 9.72. The van der Waals surface area contributed by atoms with Gasteiger partial charge in [0, 0.05) is 0 Å². The van der Waals surface area contributed by atoms with Crippen molar-refractivity contribution in [3.63, 3.8) is 0 Å². The molecule has 0 amide bonds. The van der Waals surface area contributed by atoms with E-state index in [9.17, 15) is 9.59 Å². The van der Waals surface area contributed by atoms with Crippen molar-refractivity contribution in [3.05, 3.63) is 0 Å². The monoisotopic (exact) mass is 346 g/mol. The van der Waals surface area contributed by atoms with Gasteiger partial charge in [-0.2, -0.15) is 0 Å². The van der Waals surface area contributed by atoms with Crippen LogP contribution >= 0.6 is 0 Å². The first kappa shape index (κ1) is 12.5. The van der Waals surface area contributed by atoms with Gasteiger partial charge in [0.2, 0.25) is 0 Å². The van der Waals surface area contributed by atoms with E-state index in [-0.39, 0.29) is 26.2 Å². The summed E-state index contributed by atoms with van der Waals surface area (Å²) in [4.78, 5) is 19.4. The van der Waals surface area contributed by atoms with Crippen molar-refractivity contribution in [2.24, 2.45) is 0 Å². The van der Waals surface area contributed by atoms with Crippen molar-refractivity contribution >= 4 is 38.1 Å². The second kappa shape index (κ2) is 5.56. The Labute approximate surface area is 75.8 Å². The third kappa shape index (κ3) is 5.91. The van der Waals surface area contributed by atoms with E-state index in [4.69, 9.17) is 15.3 Å². The summed E-state index contributed by atoms with van der Waals surface area (Å²) in [6.07, 6.45) is -2.54. The van der Waals surface area contributed by atoms with Crippen LogP contribution in [0.1, 0.15) is 6.42 Å². The van der Waals surface area contributed by atoms with Gasteiger partial charge in [0.1, 0.15) is 0 Å². The number of aliphatic hydroxyl groups excluding tert-OH is 1. The quantitative estimate of drug-likeness (QED) is 0.501. The SMILES string of the molecule is O=C(O)CC(O)C(=O)O.[BiH3]. The van der Waals surface area contributed by atoms with Gasteiger partial charge < -0.3 is 15.3 Å². The molecule has 0 rings (SSSR count). The normalized spacial score (nSPS) is 11.3. The second-order valence-corrected chi connectivity index (χ2v) is 1.45. The summed E-state index contributed by atoms with van der Waals surface area (Å²) in [6.45, 7) is 0. The molecule has 0 bridgehead atoms. The first-order valence-electron chi connectivity index (χ1n) is 2.16. The van der Waals surface area contributed by atoms with Gasteiger partial charge in [-0.05, 0) is 0 Å². The molecule has 0 aromatic rings. The second-order valence-electron chi connectivity index (χ2n) is 1.45. The van der Waals surface area contributed by atoms with Crippen LogP contribution in [0.4, 0.5) is 0 Å². The van der Waals surface area contributed by atoms with E-state index in [1.807, 2.05) is 0 Å². The average molecular weight is 346 g/mol. The van der Waals surface area contributed by atoms with Gasteiger partial charge in [-0.3, -0.25) is 4.79 Å². The fourth-order valence-corrected chi connectivity index (χ4v) is 0.253. The molecule has 6 heteroatoms. The van der Waals surface area contributed by atoms with Gasteiger partial charge in [0.25, 0.3) is 0 Å². The number of carboxylic acid groups (broad SMARTS) is 2. The Morgan fingerprint density at radius 3 is 1.80 bits per heavy atom. The van der Waals surface area contributed by atoms with Crippen molar-refractivity contribution in [3.8, 4) is 0 Å². The molecule has 3 N–H and O–H groups in total. The fourth-order valence-electron chi connectivity index (χ4n) is 0.253. The molecule has 0 radical (unpaired) electrons.